The van der Waals surface area contributed by atoms with Gasteiger partial charge in [0.2, 0.25) is 0 Å². The normalized spacial score (nSPS) is 10.9. The van der Waals surface area contributed by atoms with E-state index in [0.29, 0.717) is 0 Å². The molecule has 0 saturated carbocycles. The highest BCUT2D eigenvalue weighted by molar-refractivity contribution is 7.92. The number of carbonyl (C=O) groups excluding carboxylic acids is 1. The molecule has 0 aliphatic heterocycles. The minimum Gasteiger partial charge on any atom is -0.322 e. The Balaban J connectivity index is 1.81. The molecule has 3 rings (SSSR count). The number of amides is 1. The molecular formula is C19H14ClN3O5S. The summed E-state index contributed by atoms with van der Waals surface area (Å²) in [6.45, 7) is 0. The number of nitro benzene ring substituents is 1. The van der Waals surface area contributed by atoms with Gasteiger partial charge in [-0.15, -0.1) is 0 Å². The average molecular weight is 432 g/mol. The Kier molecular flexibility index (Phi) is 5.81. The van der Waals surface area contributed by atoms with Crippen LogP contribution in [0.15, 0.2) is 77.7 Å². The lowest BCUT2D eigenvalue weighted by atomic mass is 10.2. The van der Waals surface area contributed by atoms with Gasteiger partial charge >= 0.3 is 0 Å². The first-order chi connectivity index (χ1) is 13.8. The first-order valence-corrected chi connectivity index (χ1v) is 10.1. The van der Waals surface area contributed by atoms with Crippen molar-refractivity contribution in [1.82, 2.24) is 0 Å². The molecule has 0 fully saturated rings. The van der Waals surface area contributed by atoms with Crippen molar-refractivity contribution in [2.24, 2.45) is 0 Å². The first-order valence-electron chi connectivity index (χ1n) is 8.19. The van der Waals surface area contributed by atoms with Crippen LogP contribution in [0, 0.1) is 10.1 Å². The number of hydrogen-bond donors (Lipinski definition) is 2. The predicted octanol–water partition coefficient (Wildman–Crippen LogP) is 4.30. The lowest BCUT2D eigenvalue weighted by Crippen LogP contribution is -2.15. The second-order valence-corrected chi connectivity index (χ2v) is 7.96. The van der Waals surface area contributed by atoms with Crippen LogP contribution in [0.2, 0.25) is 5.02 Å². The minimum absolute atomic E-state index is 0.0500. The summed E-state index contributed by atoms with van der Waals surface area (Å²) >= 11 is 5.97. The van der Waals surface area contributed by atoms with Crippen LogP contribution in [0.25, 0.3) is 0 Å². The highest BCUT2D eigenvalue weighted by atomic mass is 35.5. The molecule has 3 aromatic rings. The van der Waals surface area contributed by atoms with Crippen LogP contribution in [-0.2, 0) is 10.0 Å². The van der Waals surface area contributed by atoms with E-state index in [9.17, 15) is 23.3 Å². The summed E-state index contributed by atoms with van der Waals surface area (Å²) in [7, 11) is -3.79. The monoisotopic (exact) mass is 431 g/mol. The zero-order valence-electron chi connectivity index (χ0n) is 14.7. The lowest BCUT2D eigenvalue weighted by Gasteiger charge is -2.11. The molecule has 0 aliphatic carbocycles. The highest BCUT2D eigenvalue weighted by Crippen LogP contribution is 2.24. The van der Waals surface area contributed by atoms with Crippen LogP contribution in [0.4, 0.5) is 17.1 Å². The van der Waals surface area contributed by atoms with Gasteiger partial charge in [-0.3, -0.25) is 19.6 Å². The number of non-ortho nitro benzene ring substituents is 1. The Bertz CT molecular complexity index is 1180. The maximum Gasteiger partial charge on any atom is 0.270 e. The Morgan fingerprint density at radius 1 is 0.931 bits per heavy atom. The quantitative estimate of drug-likeness (QED) is 0.445. The van der Waals surface area contributed by atoms with E-state index >= 15 is 0 Å². The molecule has 0 bridgehead atoms. The number of nitrogens with zero attached hydrogens (tertiary/aromatic N) is 1. The van der Waals surface area contributed by atoms with Gasteiger partial charge in [0, 0.05) is 17.8 Å². The first kappa shape index (κ1) is 20.3. The molecule has 3 aromatic carbocycles. The number of nitrogens with one attached hydrogen (secondary N) is 2. The molecule has 0 saturated heterocycles. The molecule has 0 radical (unpaired) electrons. The SMILES string of the molecule is O=C(Nc1cccc(NS(=O)(=O)c2ccccc2)c1)c1cc([N+](=O)[O-])ccc1Cl. The van der Waals surface area contributed by atoms with Gasteiger partial charge < -0.3 is 5.32 Å². The smallest absolute Gasteiger partial charge is 0.270 e. The van der Waals surface area contributed by atoms with Gasteiger partial charge in [-0.1, -0.05) is 35.9 Å². The molecule has 0 unspecified atom stereocenters. The second kappa shape index (κ2) is 8.29. The summed E-state index contributed by atoms with van der Waals surface area (Å²) < 4.78 is 27.3. The van der Waals surface area contributed by atoms with Gasteiger partial charge in [-0.2, -0.15) is 0 Å². The van der Waals surface area contributed by atoms with Crippen molar-refractivity contribution >= 4 is 44.6 Å². The fourth-order valence-electron chi connectivity index (χ4n) is 2.47. The van der Waals surface area contributed by atoms with Crippen LogP contribution in [0.3, 0.4) is 0 Å². The molecule has 8 nitrogen and oxygen atoms in total. The van der Waals surface area contributed by atoms with E-state index in [4.69, 9.17) is 11.6 Å². The predicted molar refractivity (Wildman–Crippen MR) is 110 cm³/mol. The summed E-state index contributed by atoms with van der Waals surface area (Å²) in [6.07, 6.45) is 0. The van der Waals surface area contributed by atoms with E-state index in [1.54, 1.807) is 30.3 Å². The Morgan fingerprint density at radius 3 is 2.31 bits per heavy atom. The largest absolute Gasteiger partial charge is 0.322 e. The number of anilines is 2. The van der Waals surface area contributed by atoms with Crippen LogP contribution in [-0.4, -0.2) is 19.2 Å². The van der Waals surface area contributed by atoms with Gasteiger partial charge in [0.05, 0.1) is 26.1 Å². The van der Waals surface area contributed by atoms with E-state index in [2.05, 4.69) is 10.0 Å². The third-order valence-electron chi connectivity index (χ3n) is 3.83. The summed E-state index contributed by atoms with van der Waals surface area (Å²) in [5.74, 6) is -0.665. The number of benzene rings is 3. The van der Waals surface area contributed by atoms with E-state index in [0.717, 1.165) is 6.07 Å². The molecule has 0 spiro atoms. The number of sulfonamides is 1. The van der Waals surface area contributed by atoms with Gasteiger partial charge in [0.1, 0.15) is 0 Å². The van der Waals surface area contributed by atoms with Crippen molar-refractivity contribution in [1.29, 1.82) is 0 Å². The van der Waals surface area contributed by atoms with Gasteiger partial charge in [-0.05, 0) is 36.4 Å². The lowest BCUT2D eigenvalue weighted by molar-refractivity contribution is -0.384. The number of rotatable bonds is 6. The maximum absolute atomic E-state index is 12.5. The molecule has 10 heteroatoms. The average Bonchev–Trinajstić information content (AvgIpc) is 2.68. The van der Waals surface area contributed by atoms with Gasteiger partial charge in [0.15, 0.2) is 0 Å². The van der Waals surface area contributed by atoms with E-state index < -0.39 is 20.9 Å². The molecule has 0 aliphatic rings. The summed E-state index contributed by atoms with van der Waals surface area (Å²) in [5.41, 5.74) is 0.169. The van der Waals surface area contributed by atoms with E-state index in [-0.39, 0.29) is 32.5 Å². The summed E-state index contributed by atoms with van der Waals surface area (Å²) in [6, 6.07) is 17.4. The van der Waals surface area contributed by atoms with Crippen molar-refractivity contribution < 1.29 is 18.1 Å². The number of nitro groups is 1. The van der Waals surface area contributed by atoms with E-state index in [1.807, 2.05) is 0 Å². The molecule has 2 N–H and O–H groups in total. The van der Waals surface area contributed by atoms with Crippen molar-refractivity contribution in [3.05, 3.63) is 93.5 Å². The standard InChI is InChI=1S/C19H14ClN3O5S/c20-18-10-9-15(23(25)26)12-17(18)19(24)21-13-5-4-6-14(11-13)22-29(27,28)16-7-2-1-3-8-16/h1-12,22H,(H,21,24). The van der Waals surface area contributed by atoms with Crippen LogP contribution in [0.5, 0.6) is 0 Å². The second-order valence-electron chi connectivity index (χ2n) is 5.87. The molecule has 1 amide bonds. The van der Waals surface area contributed by atoms with Crippen molar-refractivity contribution in [3.8, 4) is 0 Å². The Hall–Kier alpha value is -3.43. The van der Waals surface area contributed by atoms with Crippen molar-refractivity contribution in [2.75, 3.05) is 10.0 Å². The summed E-state index contributed by atoms with van der Waals surface area (Å²) in [4.78, 5) is 22.8. The molecule has 29 heavy (non-hydrogen) atoms. The molecule has 0 heterocycles. The topological polar surface area (TPSA) is 118 Å². The molecule has 0 atom stereocenters. The Labute approximate surface area is 171 Å². The molecular weight excluding hydrogens is 418 g/mol. The molecule has 0 aromatic heterocycles. The maximum atomic E-state index is 12.5. The minimum atomic E-state index is -3.79. The number of hydrogen-bond acceptors (Lipinski definition) is 5. The van der Waals surface area contributed by atoms with Crippen LogP contribution >= 0.6 is 11.6 Å². The van der Waals surface area contributed by atoms with Gasteiger partial charge in [0.25, 0.3) is 21.6 Å². The van der Waals surface area contributed by atoms with Crippen LogP contribution in [0.1, 0.15) is 10.4 Å². The fraction of sp³-hybridized carbons (Fsp3) is 0. The van der Waals surface area contributed by atoms with Crippen molar-refractivity contribution in [2.45, 2.75) is 4.90 Å². The third-order valence-corrected chi connectivity index (χ3v) is 5.56. The zero-order valence-corrected chi connectivity index (χ0v) is 16.3. The van der Waals surface area contributed by atoms with Crippen LogP contribution < -0.4 is 10.0 Å². The van der Waals surface area contributed by atoms with Crippen molar-refractivity contribution in [3.63, 3.8) is 0 Å². The highest BCUT2D eigenvalue weighted by Gasteiger charge is 2.17. The van der Waals surface area contributed by atoms with Gasteiger partial charge in [-0.25, -0.2) is 8.42 Å². The van der Waals surface area contributed by atoms with E-state index in [1.165, 1.54) is 36.4 Å². The Morgan fingerprint density at radius 2 is 1.62 bits per heavy atom. The zero-order chi connectivity index (χ0) is 21.0. The number of halogens is 1. The fourth-order valence-corrected chi connectivity index (χ4v) is 3.75. The third kappa shape index (κ3) is 4.89. The summed E-state index contributed by atoms with van der Waals surface area (Å²) in [5, 5.41) is 13.5. The molecule has 148 valence electrons. The number of carbonyl (C=O) groups is 1.